The topological polar surface area (TPSA) is 117 Å². The zero-order valence-corrected chi connectivity index (χ0v) is 18.2. The van der Waals surface area contributed by atoms with Gasteiger partial charge in [-0.2, -0.15) is 0 Å². The van der Waals surface area contributed by atoms with E-state index in [0.29, 0.717) is 23.9 Å². The third-order valence-electron chi connectivity index (χ3n) is 4.66. The molecule has 1 N–H and O–H groups in total. The molecule has 1 aromatic carbocycles. The molecular formula is C18H22BrN3O6S. The second-order valence-corrected chi connectivity index (χ2v) is 10.0. The van der Waals surface area contributed by atoms with Crippen molar-refractivity contribution in [3.8, 4) is 0 Å². The molecule has 0 saturated carbocycles. The number of aryl methyl sites for hydroxylation is 1. The van der Waals surface area contributed by atoms with E-state index in [2.05, 4.69) is 26.4 Å². The van der Waals surface area contributed by atoms with Crippen molar-refractivity contribution in [2.24, 2.45) is 0 Å². The van der Waals surface area contributed by atoms with Crippen molar-refractivity contribution in [3.63, 3.8) is 0 Å². The first kappa shape index (κ1) is 21.9. The lowest BCUT2D eigenvalue weighted by molar-refractivity contribution is -0.200. The van der Waals surface area contributed by atoms with Gasteiger partial charge in [0.25, 0.3) is 11.5 Å². The molecule has 11 heteroatoms. The Morgan fingerprint density at radius 1 is 1.45 bits per heavy atom. The van der Waals surface area contributed by atoms with E-state index >= 15 is 0 Å². The van der Waals surface area contributed by atoms with Crippen LogP contribution in [0.15, 0.2) is 33.8 Å². The zero-order valence-electron chi connectivity index (χ0n) is 15.8. The maximum atomic E-state index is 12.6. The number of nitrogens with zero attached hydrogens (tertiary/aromatic N) is 2. The predicted octanol–water partition coefficient (Wildman–Crippen LogP) is 1.54. The van der Waals surface area contributed by atoms with Crippen molar-refractivity contribution >= 4 is 42.6 Å². The minimum absolute atomic E-state index is 0.0168. The smallest absolute Gasteiger partial charge is 0.262 e. The van der Waals surface area contributed by atoms with Crippen LogP contribution in [0.3, 0.4) is 0 Å². The van der Waals surface area contributed by atoms with Crippen molar-refractivity contribution in [1.29, 1.82) is 0 Å². The van der Waals surface area contributed by atoms with E-state index in [0.717, 1.165) is 23.6 Å². The number of benzene rings is 1. The first-order valence-electron chi connectivity index (χ1n) is 9.16. The first-order chi connectivity index (χ1) is 13.8. The van der Waals surface area contributed by atoms with Gasteiger partial charge < -0.3 is 4.74 Å². The first-order valence-corrected chi connectivity index (χ1v) is 11.9. The molecule has 1 aromatic heterocycles. The normalized spacial score (nSPS) is 18.5. The molecule has 1 amide bonds. The van der Waals surface area contributed by atoms with E-state index in [9.17, 15) is 18.0 Å². The monoisotopic (exact) mass is 487 g/mol. The molecule has 1 aliphatic heterocycles. The Balaban J connectivity index is 1.70. The fraction of sp³-hybridized carbons (Fsp3) is 0.500. The summed E-state index contributed by atoms with van der Waals surface area (Å²) in [7, 11) is -3.72. The Bertz CT molecular complexity index is 1050. The standard InChI is InChI=1S/C18H22BrN3O6S/c1-29(25,26)15(17(23)21-28-16-4-2-3-9-27-16)7-8-22-11-20-14-10-12(19)5-6-13(14)18(22)24/h5-6,10-11,15-16H,2-4,7-9H2,1H3,(H,21,23). The third kappa shape index (κ3) is 5.62. The number of ether oxygens (including phenoxy) is 1. The van der Waals surface area contributed by atoms with Gasteiger partial charge in [-0.05, 0) is 37.5 Å². The molecule has 0 aliphatic carbocycles. The number of sulfone groups is 1. The van der Waals surface area contributed by atoms with Crippen molar-refractivity contribution in [2.75, 3.05) is 12.9 Å². The third-order valence-corrected chi connectivity index (χ3v) is 6.63. The molecule has 0 spiro atoms. The lowest BCUT2D eigenvalue weighted by Crippen LogP contribution is -2.43. The number of nitrogens with one attached hydrogen (secondary N) is 1. The summed E-state index contributed by atoms with van der Waals surface area (Å²) in [5.74, 6) is -0.785. The zero-order chi connectivity index (χ0) is 21.0. The molecule has 0 bridgehead atoms. The van der Waals surface area contributed by atoms with Gasteiger partial charge in [0, 0.05) is 30.3 Å². The molecule has 1 fully saturated rings. The van der Waals surface area contributed by atoms with Crippen molar-refractivity contribution in [2.45, 2.75) is 43.8 Å². The fourth-order valence-corrected chi connectivity index (χ4v) is 4.40. The average Bonchev–Trinajstić information content (AvgIpc) is 2.68. The summed E-state index contributed by atoms with van der Waals surface area (Å²) in [6.07, 6.45) is 4.10. The van der Waals surface area contributed by atoms with Gasteiger partial charge in [-0.25, -0.2) is 23.7 Å². The predicted molar refractivity (Wildman–Crippen MR) is 110 cm³/mol. The maximum absolute atomic E-state index is 12.6. The van der Waals surface area contributed by atoms with Gasteiger partial charge in [0.15, 0.2) is 16.1 Å². The van der Waals surface area contributed by atoms with Gasteiger partial charge in [0.2, 0.25) is 0 Å². The van der Waals surface area contributed by atoms with Crippen LogP contribution in [0.2, 0.25) is 0 Å². The van der Waals surface area contributed by atoms with Gasteiger partial charge in [0.05, 0.1) is 17.2 Å². The number of amides is 1. The number of carbonyl (C=O) groups excluding carboxylic acids is 1. The highest BCUT2D eigenvalue weighted by atomic mass is 79.9. The molecule has 0 radical (unpaired) electrons. The van der Waals surface area contributed by atoms with Crippen LogP contribution in [0.5, 0.6) is 0 Å². The Morgan fingerprint density at radius 3 is 2.93 bits per heavy atom. The Kier molecular flexibility index (Phi) is 7.04. The molecular weight excluding hydrogens is 466 g/mol. The van der Waals surface area contributed by atoms with Crippen LogP contribution in [0.25, 0.3) is 10.9 Å². The van der Waals surface area contributed by atoms with E-state index in [-0.39, 0.29) is 18.5 Å². The van der Waals surface area contributed by atoms with E-state index in [1.54, 1.807) is 18.2 Å². The quantitative estimate of drug-likeness (QED) is 0.588. The van der Waals surface area contributed by atoms with Crippen LogP contribution in [0, 0.1) is 0 Å². The number of aromatic nitrogens is 2. The number of hydrogen-bond acceptors (Lipinski definition) is 7. The molecule has 1 saturated heterocycles. The number of hydrogen-bond donors (Lipinski definition) is 1. The molecule has 2 atom stereocenters. The van der Waals surface area contributed by atoms with Crippen molar-refractivity contribution in [1.82, 2.24) is 15.0 Å². The van der Waals surface area contributed by atoms with Gasteiger partial charge in [-0.3, -0.25) is 14.2 Å². The lowest BCUT2D eigenvalue weighted by atomic mass is 10.2. The number of rotatable bonds is 7. The summed E-state index contributed by atoms with van der Waals surface area (Å²) in [6, 6.07) is 5.09. The molecule has 1 aliphatic rings. The van der Waals surface area contributed by atoms with E-state index in [4.69, 9.17) is 9.57 Å². The van der Waals surface area contributed by atoms with Gasteiger partial charge >= 0.3 is 0 Å². The van der Waals surface area contributed by atoms with E-state index in [1.807, 2.05) is 0 Å². The van der Waals surface area contributed by atoms with Crippen LogP contribution in [-0.4, -0.2) is 48.3 Å². The molecule has 158 valence electrons. The minimum Gasteiger partial charge on any atom is -0.350 e. The highest BCUT2D eigenvalue weighted by Gasteiger charge is 2.30. The summed E-state index contributed by atoms with van der Waals surface area (Å²) in [5.41, 5.74) is 2.42. The minimum atomic E-state index is -3.72. The van der Waals surface area contributed by atoms with Crippen LogP contribution < -0.4 is 11.0 Å². The fourth-order valence-electron chi connectivity index (χ4n) is 3.08. The summed E-state index contributed by atoms with van der Waals surface area (Å²) >= 11 is 3.33. The Labute approximate surface area is 176 Å². The molecule has 9 nitrogen and oxygen atoms in total. The summed E-state index contributed by atoms with van der Waals surface area (Å²) in [6.45, 7) is 0.549. The summed E-state index contributed by atoms with van der Waals surface area (Å²) in [5, 5.41) is -0.951. The summed E-state index contributed by atoms with van der Waals surface area (Å²) < 4.78 is 31.7. The Morgan fingerprint density at radius 2 is 2.24 bits per heavy atom. The largest absolute Gasteiger partial charge is 0.350 e. The number of fused-ring (bicyclic) bond motifs is 1. The van der Waals surface area contributed by atoms with E-state index in [1.165, 1.54) is 10.9 Å². The van der Waals surface area contributed by atoms with Gasteiger partial charge in [-0.1, -0.05) is 15.9 Å². The lowest BCUT2D eigenvalue weighted by Gasteiger charge is -2.23. The molecule has 3 rings (SSSR count). The highest BCUT2D eigenvalue weighted by Crippen LogP contribution is 2.16. The Hall–Kier alpha value is -1.82. The number of hydroxylamine groups is 1. The molecule has 2 heterocycles. The maximum Gasteiger partial charge on any atom is 0.262 e. The second kappa shape index (κ2) is 9.33. The van der Waals surface area contributed by atoms with Gasteiger partial charge in [0.1, 0.15) is 5.25 Å². The van der Waals surface area contributed by atoms with E-state index < -0.39 is 27.3 Å². The number of halogens is 1. The van der Waals surface area contributed by atoms with Crippen LogP contribution >= 0.6 is 15.9 Å². The summed E-state index contributed by atoms with van der Waals surface area (Å²) in [4.78, 5) is 34.5. The number of carbonyl (C=O) groups is 1. The van der Waals surface area contributed by atoms with Crippen molar-refractivity contribution in [3.05, 3.63) is 39.4 Å². The van der Waals surface area contributed by atoms with Crippen molar-refractivity contribution < 1.29 is 22.8 Å². The van der Waals surface area contributed by atoms with Crippen LogP contribution in [-0.2, 0) is 30.8 Å². The van der Waals surface area contributed by atoms with Crippen LogP contribution in [0.1, 0.15) is 25.7 Å². The van der Waals surface area contributed by atoms with Gasteiger partial charge in [-0.15, -0.1) is 0 Å². The molecule has 29 heavy (non-hydrogen) atoms. The van der Waals surface area contributed by atoms with Crippen LogP contribution in [0.4, 0.5) is 0 Å². The second-order valence-electron chi connectivity index (χ2n) is 6.89. The molecule has 2 aromatic rings. The average molecular weight is 488 g/mol. The SMILES string of the molecule is CS(=O)(=O)C(CCn1cnc2cc(Br)ccc2c1=O)C(=O)NOC1CCCCO1. The molecule has 2 unspecified atom stereocenters. The highest BCUT2D eigenvalue weighted by molar-refractivity contribution is 9.10.